The van der Waals surface area contributed by atoms with Crippen molar-refractivity contribution >= 4 is 28.8 Å². The first-order valence-corrected chi connectivity index (χ1v) is 9.45. The van der Waals surface area contributed by atoms with Crippen LogP contribution in [0.15, 0.2) is 48.7 Å². The van der Waals surface area contributed by atoms with Gasteiger partial charge < -0.3 is 25.0 Å². The molecule has 2 N–H and O–H groups in total. The van der Waals surface area contributed by atoms with Gasteiger partial charge in [0.05, 0.1) is 32.2 Å². The van der Waals surface area contributed by atoms with E-state index >= 15 is 0 Å². The van der Waals surface area contributed by atoms with Crippen molar-refractivity contribution in [2.45, 2.75) is 0 Å². The number of hydrogen-bond donors (Lipinski definition) is 2. The average molecular weight is 413 g/mol. The summed E-state index contributed by atoms with van der Waals surface area (Å²) in [6.07, 6.45) is 1.07. The predicted octanol–water partition coefficient (Wildman–Crippen LogP) is 4.09. The third-order valence-corrected chi connectivity index (χ3v) is 4.66. The summed E-state index contributed by atoms with van der Waals surface area (Å²) < 4.78 is 38.1. The highest BCUT2D eigenvalue weighted by Crippen LogP contribution is 2.32. The van der Waals surface area contributed by atoms with Gasteiger partial charge in [-0.3, -0.25) is 0 Å². The lowest BCUT2D eigenvalue weighted by atomic mass is 10.2. The molecule has 0 bridgehead atoms. The van der Waals surface area contributed by atoms with Crippen LogP contribution in [-0.4, -0.2) is 43.4 Å². The molecule has 9 heteroatoms. The highest BCUT2D eigenvalue weighted by atomic mass is 19.1. The fourth-order valence-electron chi connectivity index (χ4n) is 3.12. The van der Waals surface area contributed by atoms with Gasteiger partial charge in [-0.05, 0) is 42.5 Å². The number of hydrogen-bond acceptors (Lipinski definition) is 7. The maximum Gasteiger partial charge on any atom is 0.229 e. The zero-order chi connectivity index (χ0) is 20.9. The first-order chi connectivity index (χ1) is 14.6. The lowest BCUT2D eigenvalue weighted by Gasteiger charge is -2.29. The van der Waals surface area contributed by atoms with Gasteiger partial charge in [-0.1, -0.05) is 0 Å². The molecule has 0 spiro atoms. The van der Waals surface area contributed by atoms with E-state index in [-0.39, 0.29) is 17.6 Å². The number of halogens is 2. The lowest BCUT2D eigenvalue weighted by Crippen LogP contribution is -2.36. The van der Waals surface area contributed by atoms with Crippen LogP contribution in [0.3, 0.4) is 0 Å². The van der Waals surface area contributed by atoms with Crippen molar-refractivity contribution < 1.29 is 18.3 Å². The molecule has 0 amide bonds. The maximum atomic E-state index is 14.2. The number of methoxy groups -OCH3 is 1. The lowest BCUT2D eigenvalue weighted by molar-refractivity contribution is 0.122. The summed E-state index contributed by atoms with van der Waals surface area (Å²) in [5.74, 6) is -0.231. The van der Waals surface area contributed by atoms with Crippen molar-refractivity contribution in [2.75, 3.05) is 48.9 Å². The molecule has 1 aliphatic heterocycles. The van der Waals surface area contributed by atoms with Crippen LogP contribution in [0.5, 0.6) is 5.75 Å². The van der Waals surface area contributed by atoms with Gasteiger partial charge in [-0.25, -0.2) is 13.8 Å². The fourth-order valence-corrected chi connectivity index (χ4v) is 3.12. The molecule has 0 unspecified atom stereocenters. The van der Waals surface area contributed by atoms with Gasteiger partial charge in [-0.2, -0.15) is 4.98 Å². The number of rotatable bonds is 6. The number of nitrogens with one attached hydrogen (secondary N) is 2. The van der Waals surface area contributed by atoms with E-state index < -0.39 is 5.82 Å². The van der Waals surface area contributed by atoms with Crippen LogP contribution in [0.1, 0.15) is 0 Å². The minimum atomic E-state index is -0.626. The van der Waals surface area contributed by atoms with E-state index in [0.29, 0.717) is 30.3 Å². The Morgan fingerprint density at radius 1 is 1.03 bits per heavy atom. The van der Waals surface area contributed by atoms with Gasteiger partial charge >= 0.3 is 0 Å². The number of benzene rings is 2. The number of aromatic nitrogens is 2. The van der Waals surface area contributed by atoms with E-state index in [9.17, 15) is 8.78 Å². The van der Waals surface area contributed by atoms with Crippen LogP contribution in [0.25, 0.3) is 0 Å². The normalized spacial score (nSPS) is 13.8. The van der Waals surface area contributed by atoms with Crippen LogP contribution in [-0.2, 0) is 4.74 Å². The topological polar surface area (TPSA) is 71.5 Å². The summed E-state index contributed by atoms with van der Waals surface area (Å²) in [7, 11) is 1.57. The third kappa shape index (κ3) is 4.57. The van der Waals surface area contributed by atoms with Crippen molar-refractivity contribution in [3.63, 3.8) is 0 Å². The van der Waals surface area contributed by atoms with Crippen LogP contribution in [0, 0.1) is 11.6 Å². The first-order valence-electron chi connectivity index (χ1n) is 9.45. The second-order valence-electron chi connectivity index (χ2n) is 6.63. The molecule has 1 aliphatic rings. The Morgan fingerprint density at radius 3 is 2.53 bits per heavy atom. The van der Waals surface area contributed by atoms with Crippen molar-refractivity contribution in [3.8, 4) is 5.75 Å². The van der Waals surface area contributed by atoms with Gasteiger partial charge in [0.2, 0.25) is 5.95 Å². The highest BCUT2D eigenvalue weighted by Gasteiger charge is 2.15. The van der Waals surface area contributed by atoms with Crippen molar-refractivity contribution in [3.05, 3.63) is 60.3 Å². The molecule has 1 fully saturated rings. The van der Waals surface area contributed by atoms with Gasteiger partial charge in [0.25, 0.3) is 0 Å². The Labute approximate surface area is 172 Å². The van der Waals surface area contributed by atoms with E-state index in [2.05, 4.69) is 25.5 Å². The Hall–Kier alpha value is -3.46. The van der Waals surface area contributed by atoms with Crippen LogP contribution in [0.4, 0.5) is 37.6 Å². The zero-order valence-corrected chi connectivity index (χ0v) is 16.4. The SMILES string of the molecule is COc1ccc(N2CCOCC2)cc1Nc1ncc(F)c(Nc2ccc(F)cc2)n1. The highest BCUT2D eigenvalue weighted by molar-refractivity contribution is 5.70. The Kier molecular flexibility index (Phi) is 5.89. The van der Waals surface area contributed by atoms with Crippen LogP contribution in [0.2, 0.25) is 0 Å². The van der Waals surface area contributed by atoms with Crippen LogP contribution >= 0.6 is 0 Å². The number of nitrogens with zero attached hydrogens (tertiary/aromatic N) is 3. The smallest absolute Gasteiger partial charge is 0.229 e. The van der Waals surface area contributed by atoms with Crippen LogP contribution < -0.4 is 20.3 Å². The molecule has 7 nitrogen and oxygen atoms in total. The second kappa shape index (κ2) is 8.91. The number of ether oxygens (including phenoxy) is 2. The number of morpholine rings is 1. The average Bonchev–Trinajstić information content (AvgIpc) is 2.78. The second-order valence-corrected chi connectivity index (χ2v) is 6.63. The third-order valence-electron chi connectivity index (χ3n) is 4.66. The minimum Gasteiger partial charge on any atom is -0.495 e. The molecule has 0 saturated carbocycles. The monoisotopic (exact) mass is 413 g/mol. The summed E-state index contributed by atoms with van der Waals surface area (Å²) in [6.45, 7) is 2.94. The molecule has 30 heavy (non-hydrogen) atoms. The van der Waals surface area contributed by atoms with Gasteiger partial charge in [-0.15, -0.1) is 0 Å². The minimum absolute atomic E-state index is 0.0255. The molecule has 0 radical (unpaired) electrons. The Bertz CT molecular complexity index is 1010. The van der Waals surface area contributed by atoms with E-state index in [1.807, 2.05) is 18.2 Å². The Balaban J connectivity index is 1.58. The van der Waals surface area contributed by atoms with Crippen molar-refractivity contribution in [2.24, 2.45) is 0 Å². The molecular weight excluding hydrogens is 392 g/mol. The summed E-state index contributed by atoms with van der Waals surface area (Å²) in [5, 5.41) is 5.92. The van der Waals surface area contributed by atoms with Gasteiger partial charge in [0, 0.05) is 24.5 Å². The molecule has 3 aromatic rings. The zero-order valence-electron chi connectivity index (χ0n) is 16.4. The first kappa shape index (κ1) is 19.8. The molecule has 0 atom stereocenters. The molecule has 0 aliphatic carbocycles. The summed E-state index contributed by atoms with van der Waals surface area (Å²) in [5.41, 5.74) is 2.17. The molecule has 156 valence electrons. The number of anilines is 5. The standard InChI is InChI=1S/C21H21F2N5O2/c1-29-19-7-6-16(28-8-10-30-11-9-28)12-18(19)26-21-24-13-17(23)20(27-21)25-15-4-2-14(22)3-5-15/h2-7,12-13H,8-11H2,1H3,(H2,24,25,26,27). The Morgan fingerprint density at radius 2 is 1.80 bits per heavy atom. The predicted molar refractivity (Wildman–Crippen MR) is 111 cm³/mol. The van der Waals surface area contributed by atoms with E-state index in [0.717, 1.165) is 25.0 Å². The largest absolute Gasteiger partial charge is 0.495 e. The van der Waals surface area contributed by atoms with Crippen molar-refractivity contribution in [1.29, 1.82) is 0 Å². The molecule has 2 aromatic carbocycles. The van der Waals surface area contributed by atoms with E-state index in [1.54, 1.807) is 7.11 Å². The fraction of sp³-hybridized carbons (Fsp3) is 0.238. The maximum absolute atomic E-state index is 14.2. The quantitative estimate of drug-likeness (QED) is 0.631. The molecule has 1 saturated heterocycles. The van der Waals surface area contributed by atoms with Crippen molar-refractivity contribution in [1.82, 2.24) is 9.97 Å². The van der Waals surface area contributed by atoms with Gasteiger partial charge in [0.15, 0.2) is 11.6 Å². The molecular formula is C21H21F2N5O2. The molecule has 2 heterocycles. The van der Waals surface area contributed by atoms with E-state index in [1.165, 1.54) is 24.3 Å². The summed E-state index contributed by atoms with van der Waals surface area (Å²) in [6, 6.07) is 11.3. The summed E-state index contributed by atoms with van der Waals surface area (Å²) in [4.78, 5) is 10.4. The summed E-state index contributed by atoms with van der Waals surface area (Å²) >= 11 is 0. The van der Waals surface area contributed by atoms with Gasteiger partial charge in [0.1, 0.15) is 11.6 Å². The molecule has 1 aromatic heterocycles. The van der Waals surface area contributed by atoms with E-state index in [4.69, 9.17) is 9.47 Å². The molecule has 4 rings (SSSR count).